The van der Waals surface area contributed by atoms with Gasteiger partial charge < -0.3 is 16.0 Å². The number of likely N-dealkylation sites (N-methyl/N-ethyl adjacent to an activating group) is 1. The number of anilines is 2. The lowest BCUT2D eigenvalue weighted by atomic mass is 10.2. The molecule has 0 spiro atoms. The first-order chi connectivity index (χ1) is 9.47. The van der Waals surface area contributed by atoms with Crippen molar-refractivity contribution in [1.29, 1.82) is 0 Å². The Morgan fingerprint density at radius 2 is 2.00 bits per heavy atom. The molecular formula is C14H21ClN4O. The molecule has 1 fully saturated rings. The van der Waals surface area contributed by atoms with Crippen LogP contribution in [0.25, 0.3) is 0 Å². The number of amides is 1. The largest absolute Gasteiger partial charge is 0.397 e. The second-order valence-corrected chi connectivity index (χ2v) is 5.65. The van der Waals surface area contributed by atoms with Crippen LogP contribution in [-0.2, 0) is 4.79 Å². The summed E-state index contributed by atoms with van der Waals surface area (Å²) in [7, 11) is 2.10. The zero-order valence-electron chi connectivity index (χ0n) is 11.9. The summed E-state index contributed by atoms with van der Waals surface area (Å²) in [6.07, 6.45) is 0. The molecule has 6 heteroatoms. The van der Waals surface area contributed by atoms with Crippen LogP contribution < -0.4 is 11.1 Å². The van der Waals surface area contributed by atoms with E-state index < -0.39 is 0 Å². The molecule has 1 aromatic carbocycles. The summed E-state index contributed by atoms with van der Waals surface area (Å²) in [5.41, 5.74) is 6.88. The van der Waals surface area contributed by atoms with Crippen LogP contribution in [0.4, 0.5) is 11.4 Å². The van der Waals surface area contributed by atoms with Crippen LogP contribution >= 0.6 is 11.6 Å². The van der Waals surface area contributed by atoms with E-state index in [4.69, 9.17) is 17.3 Å². The Hall–Kier alpha value is -1.30. The van der Waals surface area contributed by atoms with Crippen molar-refractivity contribution in [3.63, 3.8) is 0 Å². The van der Waals surface area contributed by atoms with Gasteiger partial charge in [0, 0.05) is 31.9 Å². The number of carbonyl (C=O) groups excluding carboxylic acids is 1. The van der Waals surface area contributed by atoms with E-state index in [0.717, 1.165) is 26.2 Å². The molecular weight excluding hydrogens is 276 g/mol. The molecule has 1 aliphatic rings. The van der Waals surface area contributed by atoms with Gasteiger partial charge in [-0.1, -0.05) is 11.6 Å². The lowest BCUT2D eigenvalue weighted by Crippen LogP contribution is -2.51. The number of piperazine rings is 1. The molecule has 1 amide bonds. The minimum Gasteiger partial charge on any atom is -0.397 e. The van der Waals surface area contributed by atoms with E-state index in [9.17, 15) is 4.79 Å². The molecule has 1 unspecified atom stereocenters. The molecule has 0 bridgehead atoms. The first-order valence-electron chi connectivity index (χ1n) is 6.76. The van der Waals surface area contributed by atoms with Crippen LogP contribution in [0.1, 0.15) is 6.92 Å². The second kappa shape index (κ2) is 6.43. The van der Waals surface area contributed by atoms with Crippen molar-refractivity contribution in [2.75, 3.05) is 44.3 Å². The van der Waals surface area contributed by atoms with E-state index in [1.807, 2.05) is 6.92 Å². The Labute approximate surface area is 124 Å². The second-order valence-electron chi connectivity index (χ2n) is 5.24. The highest BCUT2D eigenvalue weighted by Crippen LogP contribution is 2.22. The monoisotopic (exact) mass is 296 g/mol. The Bertz CT molecular complexity index is 486. The number of nitrogens with zero attached hydrogens (tertiary/aromatic N) is 2. The summed E-state index contributed by atoms with van der Waals surface area (Å²) in [5.74, 6) is -0.0173. The van der Waals surface area contributed by atoms with Crippen molar-refractivity contribution in [2.24, 2.45) is 0 Å². The van der Waals surface area contributed by atoms with Crippen molar-refractivity contribution in [3.05, 3.63) is 23.2 Å². The SMILES string of the molecule is CC(C(=O)Nc1ccc(Cl)c(N)c1)N1CCN(C)CC1. The van der Waals surface area contributed by atoms with Crippen molar-refractivity contribution >= 4 is 28.9 Å². The lowest BCUT2D eigenvalue weighted by Gasteiger charge is -2.35. The van der Waals surface area contributed by atoms with Crippen molar-refractivity contribution in [3.8, 4) is 0 Å². The van der Waals surface area contributed by atoms with E-state index in [1.54, 1.807) is 18.2 Å². The Morgan fingerprint density at radius 1 is 1.35 bits per heavy atom. The highest BCUT2D eigenvalue weighted by molar-refractivity contribution is 6.33. The third-order valence-corrected chi connectivity index (χ3v) is 4.07. The van der Waals surface area contributed by atoms with E-state index in [1.165, 1.54) is 0 Å². The zero-order valence-corrected chi connectivity index (χ0v) is 12.7. The number of nitrogen functional groups attached to an aromatic ring is 1. The topological polar surface area (TPSA) is 61.6 Å². The zero-order chi connectivity index (χ0) is 14.7. The highest BCUT2D eigenvalue weighted by atomic mass is 35.5. The molecule has 0 radical (unpaired) electrons. The van der Waals surface area contributed by atoms with Gasteiger partial charge in [0.05, 0.1) is 16.8 Å². The van der Waals surface area contributed by atoms with Gasteiger partial charge in [0.2, 0.25) is 5.91 Å². The fourth-order valence-electron chi connectivity index (χ4n) is 2.24. The summed E-state index contributed by atoms with van der Waals surface area (Å²) < 4.78 is 0. The molecule has 0 saturated carbocycles. The van der Waals surface area contributed by atoms with Crippen molar-refractivity contribution in [2.45, 2.75) is 13.0 Å². The van der Waals surface area contributed by atoms with E-state index in [-0.39, 0.29) is 11.9 Å². The summed E-state index contributed by atoms with van der Waals surface area (Å²) in [6.45, 7) is 5.73. The quantitative estimate of drug-likeness (QED) is 0.830. The first kappa shape index (κ1) is 15.1. The smallest absolute Gasteiger partial charge is 0.241 e. The number of halogens is 1. The number of nitrogens with one attached hydrogen (secondary N) is 1. The number of nitrogens with two attached hydrogens (primary N) is 1. The van der Waals surface area contributed by atoms with Gasteiger partial charge in [-0.25, -0.2) is 0 Å². The van der Waals surface area contributed by atoms with Gasteiger partial charge in [0.15, 0.2) is 0 Å². The molecule has 1 atom stereocenters. The molecule has 5 nitrogen and oxygen atoms in total. The molecule has 1 heterocycles. The third-order valence-electron chi connectivity index (χ3n) is 3.73. The lowest BCUT2D eigenvalue weighted by molar-refractivity contribution is -0.121. The summed E-state index contributed by atoms with van der Waals surface area (Å²) in [4.78, 5) is 16.7. The standard InChI is InChI=1S/C14H21ClN4O/c1-10(19-7-5-18(2)6-8-19)14(20)17-11-3-4-12(15)13(16)9-11/h3-4,9-10H,5-8,16H2,1-2H3,(H,17,20). The van der Waals surface area contributed by atoms with Crippen LogP contribution in [0, 0.1) is 0 Å². The van der Waals surface area contributed by atoms with Crippen LogP contribution in [-0.4, -0.2) is 55.0 Å². The van der Waals surface area contributed by atoms with Crippen LogP contribution in [0.15, 0.2) is 18.2 Å². The fourth-order valence-corrected chi connectivity index (χ4v) is 2.36. The normalized spacial score (nSPS) is 18.8. The molecule has 0 aromatic heterocycles. The number of carbonyl (C=O) groups is 1. The van der Waals surface area contributed by atoms with Gasteiger partial charge in [-0.15, -0.1) is 0 Å². The van der Waals surface area contributed by atoms with Gasteiger partial charge in [-0.3, -0.25) is 9.69 Å². The maximum atomic E-state index is 12.2. The fraction of sp³-hybridized carbons (Fsp3) is 0.500. The number of benzene rings is 1. The minimum atomic E-state index is -0.152. The summed E-state index contributed by atoms with van der Waals surface area (Å²) in [5, 5.41) is 3.38. The highest BCUT2D eigenvalue weighted by Gasteiger charge is 2.24. The first-order valence-corrected chi connectivity index (χ1v) is 7.13. The van der Waals surface area contributed by atoms with E-state index in [0.29, 0.717) is 16.4 Å². The Kier molecular flexibility index (Phi) is 4.86. The molecule has 3 N–H and O–H groups in total. The molecule has 2 rings (SSSR count). The maximum absolute atomic E-state index is 12.2. The Morgan fingerprint density at radius 3 is 2.60 bits per heavy atom. The predicted octanol–water partition coefficient (Wildman–Crippen LogP) is 1.50. The maximum Gasteiger partial charge on any atom is 0.241 e. The van der Waals surface area contributed by atoms with Crippen LogP contribution in [0.2, 0.25) is 5.02 Å². The minimum absolute atomic E-state index is 0.0173. The van der Waals surface area contributed by atoms with Gasteiger partial charge in [-0.2, -0.15) is 0 Å². The molecule has 1 aromatic rings. The molecule has 1 aliphatic heterocycles. The average molecular weight is 297 g/mol. The van der Waals surface area contributed by atoms with Gasteiger partial charge in [-0.05, 0) is 32.2 Å². The third kappa shape index (κ3) is 3.62. The Balaban J connectivity index is 1.95. The number of hydrogen-bond donors (Lipinski definition) is 2. The van der Waals surface area contributed by atoms with E-state index in [2.05, 4.69) is 22.2 Å². The van der Waals surface area contributed by atoms with Gasteiger partial charge in [0.25, 0.3) is 0 Å². The predicted molar refractivity (Wildman–Crippen MR) is 83.0 cm³/mol. The number of rotatable bonds is 3. The van der Waals surface area contributed by atoms with Crippen LogP contribution in [0.3, 0.4) is 0 Å². The van der Waals surface area contributed by atoms with Crippen LogP contribution in [0.5, 0.6) is 0 Å². The van der Waals surface area contributed by atoms with Gasteiger partial charge >= 0.3 is 0 Å². The summed E-state index contributed by atoms with van der Waals surface area (Å²) in [6, 6.07) is 4.97. The molecule has 0 aliphatic carbocycles. The molecule has 20 heavy (non-hydrogen) atoms. The van der Waals surface area contributed by atoms with E-state index >= 15 is 0 Å². The van der Waals surface area contributed by atoms with Gasteiger partial charge in [0.1, 0.15) is 0 Å². The molecule has 1 saturated heterocycles. The molecule has 110 valence electrons. The van der Waals surface area contributed by atoms with Crippen molar-refractivity contribution in [1.82, 2.24) is 9.80 Å². The summed E-state index contributed by atoms with van der Waals surface area (Å²) >= 11 is 5.86. The van der Waals surface area contributed by atoms with Crippen molar-refractivity contribution < 1.29 is 4.79 Å². The average Bonchev–Trinajstić information content (AvgIpc) is 2.43. The number of hydrogen-bond acceptors (Lipinski definition) is 4.